The Morgan fingerprint density at radius 1 is 1.29 bits per heavy atom. The zero-order valence-electron chi connectivity index (χ0n) is 14.5. The molecule has 1 heterocycles. The average molecular weight is 354 g/mol. The molecule has 2 rings (SSSR count). The third-order valence-corrected chi connectivity index (χ3v) is 6.28. The standard InChI is InChI=1S/C17H26N2O4S/c1-4-13(5-2)17(20)18-14-8-9-15(16(12-14)23-3)19-10-6-7-11-24(19,21)22/h8-9,12-13H,4-7,10-11H2,1-3H3,(H,18,20). The highest BCUT2D eigenvalue weighted by atomic mass is 32.2. The van der Waals surface area contributed by atoms with Crippen LogP contribution >= 0.6 is 0 Å². The van der Waals surface area contributed by atoms with E-state index < -0.39 is 10.0 Å². The molecule has 0 aliphatic carbocycles. The zero-order chi connectivity index (χ0) is 17.7. The van der Waals surface area contributed by atoms with Gasteiger partial charge in [-0.15, -0.1) is 0 Å². The van der Waals surface area contributed by atoms with Crippen molar-refractivity contribution in [2.24, 2.45) is 5.92 Å². The van der Waals surface area contributed by atoms with Gasteiger partial charge in [-0.05, 0) is 37.8 Å². The largest absolute Gasteiger partial charge is 0.494 e. The van der Waals surface area contributed by atoms with Gasteiger partial charge in [0.25, 0.3) is 0 Å². The topological polar surface area (TPSA) is 75.7 Å². The van der Waals surface area contributed by atoms with Crippen LogP contribution in [-0.4, -0.2) is 33.7 Å². The minimum atomic E-state index is -3.30. The summed E-state index contributed by atoms with van der Waals surface area (Å²) < 4.78 is 31.3. The smallest absolute Gasteiger partial charge is 0.235 e. The van der Waals surface area contributed by atoms with E-state index in [1.807, 2.05) is 13.8 Å². The summed E-state index contributed by atoms with van der Waals surface area (Å²) in [5.74, 6) is 0.546. The maximum absolute atomic E-state index is 12.3. The number of nitrogens with zero attached hydrogens (tertiary/aromatic N) is 1. The van der Waals surface area contributed by atoms with E-state index in [0.717, 1.165) is 19.3 Å². The lowest BCUT2D eigenvalue weighted by Gasteiger charge is -2.29. The van der Waals surface area contributed by atoms with Crippen molar-refractivity contribution in [2.75, 3.05) is 29.0 Å². The average Bonchev–Trinajstić information content (AvgIpc) is 2.56. The highest BCUT2D eigenvalue weighted by Crippen LogP contribution is 2.35. The fraction of sp³-hybridized carbons (Fsp3) is 0.588. The lowest BCUT2D eigenvalue weighted by molar-refractivity contribution is -0.120. The van der Waals surface area contributed by atoms with Gasteiger partial charge in [0.05, 0.1) is 18.6 Å². The molecule has 0 aromatic heterocycles. The normalized spacial score (nSPS) is 16.9. The Bertz CT molecular complexity index is 684. The van der Waals surface area contributed by atoms with E-state index >= 15 is 0 Å². The monoisotopic (exact) mass is 354 g/mol. The van der Waals surface area contributed by atoms with Crippen molar-refractivity contribution >= 4 is 27.3 Å². The molecule has 1 aromatic rings. The molecule has 1 saturated heterocycles. The first-order chi connectivity index (χ1) is 11.4. The Morgan fingerprint density at radius 3 is 2.58 bits per heavy atom. The van der Waals surface area contributed by atoms with Crippen molar-refractivity contribution in [1.82, 2.24) is 0 Å². The number of benzene rings is 1. The second-order valence-corrected chi connectivity index (χ2v) is 8.00. The number of amides is 1. The van der Waals surface area contributed by atoms with Gasteiger partial charge in [-0.1, -0.05) is 13.8 Å². The van der Waals surface area contributed by atoms with E-state index in [2.05, 4.69) is 5.32 Å². The molecule has 1 aliphatic rings. The van der Waals surface area contributed by atoms with Gasteiger partial charge in [0.1, 0.15) is 5.75 Å². The molecule has 7 heteroatoms. The lowest BCUT2D eigenvalue weighted by atomic mass is 10.0. The number of nitrogens with one attached hydrogen (secondary N) is 1. The number of rotatable bonds is 6. The lowest BCUT2D eigenvalue weighted by Crippen LogP contribution is -2.38. The number of hydrogen-bond acceptors (Lipinski definition) is 4. The highest BCUT2D eigenvalue weighted by molar-refractivity contribution is 7.92. The summed E-state index contributed by atoms with van der Waals surface area (Å²) in [6.45, 7) is 4.43. The van der Waals surface area contributed by atoms with Gasteiger partial charge < -0.3 is 10.1 Å². The quantitative estimate of drug-likeness (QED) is 0.852. The van der Waals surface area contributed by atoms with Gasteiger partial charge in [-0.2, -0.15) is 0 Å². The van der Waals surface area contributed by atoms with Gasteiger partial charge in [0.2, 0.25) is 15.9 Å². The van der Waals surface area contributed by atoms with Crippen LogP contribution in [0.25, 0.3) is 0 Å². The van der Waals surface area contributed by atoms with E-state index in [-0.39, 0.29) is 17.6 Å². The zero-order valence-corrected chi connectivity index (χ0v) is 15.4. The minimum absolute atomic E-state index is 0.0274. The van der Waals surface area contributed by atoms with Crippen molar-refractivity contribution in [1.29, 1.82) is 0 Å². The number of carbonyl (C=O) groups excluding carboxylic acids is 1. The molecule has 1 fully saturated rings. The first-order valence-electron chi connectivity index (χ1n) is 8.42. The van der Waals surface area contributed by atoms with Crippen LogP contribution in [0.1, 0.15) is 39.5 Å². The second-order valence-electron chi connectivity index (χ2n) is 5.98. The van der Waals surface area contributed by atoms with Crippen LogP contribution in [0.3, 0.4) is 0 Å². The van der Waals surface area contributed by atoms with Crippen LogP contribution in [-0.2, 0) is 14.8 Å². The third kappa shape index (κ3) is 4.01. The number of carbonyl (C=O) groups is 1. The molecule has 0 spiro atoms. The van der Waals surface area contributed by atoms with Gasteiger partial charge >= 0.3 is 0 Å². The summed E-state index contributed by atoms with van der Waals surface area (Å²) in [7, 11) is -1.80. The van der Waals surface area contributed by atoms with Crippen molar-refractivity contribution < 1.29 is 17.9 Å². The molecular weight excluding hydrogens is 328 g/mol. The second kappa shape index (κ2) is 7.88. The number of methoxy groups -OCH3 is 1. The van der Waals surface area contributed by atoms with E-state index in [4.69, 9.17) is 4.74 Å². The van der Waals surface area contributed by atoms with E-state index in [1.54, 1.807) is 18.2 Å². The molecule has 0 atom stereocenters. The summed E-state index contributed by atoms with van der Waals surface area (Å²) in [4.78, 5) is 12.2. The van der Waals surface area contributed by atoms with E-state index in [1.165, 1.54) is 11.4 Å². The van der Waals surface area contributed by atoms with Crippen LogP contribution in [0.2, 0.25) is 0 Å². The first-order valence-corrected chi connectivity index (χ1v) is 10.0. The van der Waals surface area contributed by atoms with Crippen molar-refractivity contribution in [3.63, 3.8) is 0 Å². The molecule has 1 aromatic carbocycles. The van der Waals surface area contributed by atoms with E-state index in [9.17, 15) is 13.2 Å². The van der Waals surface area contributed by atoms with Gasteiger partial charge in [0.15, 0.2) is 0 Å². The van der Waals surface area contributed by atoms with Crippen molar-refractivity contribution in [3.05, 3.63) is 18.2 Å². The van der Waals surface area contributed by atoms with Crippen LogP contribution in [0, 0.1) is 5.92 Å². The summed E-state index contributed by atoms with van der Waals surface area (Å²) in [6, 6.07) is 5.10. The first kappa shape index (κ1) is 18.6. The highest BCUT2D eigenvalue weighted by Gasteiger charge is 2.28. The fourth-order valence-corrected chi connectivity index (χ4v) is 4.57. The van der Waals surface area contributed by atoms with Crippen LogP contribution in [0.4, 0.5) is 11.4 Å². The van der Waals surface area contributed by atoms with Crippen molar-refractivity contribution in [3.8, 4) is 5.75 Å². The molecule has 134 valence electrons. The number of anilines is 2. The van der Waals surface area contributed by atoms with Crippen LogP contribution < -0.4 is 14.4 Å². The van der Waals surface area contributed by atoms with E-state index in [0.29, 0.717) is 30.1 Å². The minimum Gasteiger partial charge on any atom is -0.494 e. The van der Waals surface area contributed by atoms with Crippen LogP contribution in [0.5, 0.6) is 5.75 Å². The summed E-state index contributed by atoms with van der Waals surface area (Å²) >= 11 is 0. The molecule has 24 heavy (non-hydrogen) atoms. The van der Waals surface area contributed by atoms with Gasteiger partial charge in [-0.25, -0.2) is 8.42 Å². The molecule has 0 saturated carbocycles. The summed E-state index contributed by atoms with van der Waals surface area (Å²) in [6.07, 6.45) is 3.08. The predicted molar refractivity (Wildman–Crippen MR) is 96.1 cm³/mol. The molecule has 0 unspecified atom stereocenters. The molecule has 1 amide bonds. The molecule has 0 radical (unpaired) electrons. The van der Waals surface area contributed by atoms with Gasteiger partial charge in [0, 0.05) is 24.2 Å². The summed E-state index contributed by atoms with van der Waals surface area (Å²) in [5, 5.41) is 2.88. The Morgan fingerprint density at radius 2 is 2.00 bits per heavy atom. The fourth-order valence-electron chi connectivity index (χ4n) is 2.92. The predicted octanol–water partition coefficient (Wildman–Crippen LogP) is 3.00. The van der Waals surface area contributed by atoms with Crippen LogP contribution in [0.15, 0.2) is 18.2 Å². The SMILES string of the molecule is CCC(CC)C(=O)Nc1ccc(N2CCCCS2(=O)=O)c(OC)c1. The number of hydrogen-bond donors (Lipinski definition) is 1. The Balaban J connectivity index is 2.26. The Kier molecular flexibility index (Phi) is 6.10. The molecule has 6 nitrogen and oxygen atoms in total. The number of sulfonamides is 1. The molecule has 1 aliphatic heterocycles. The van der Waals surface area contributed by atoms with Gasteiger partial charge in [-0.3, -0.25) is 9.10 Å². The Labute approximate surface area is 144 Å². The Hall–Kier alpha value is -1.76. The molecular formula is C17H26N2O4S. The third-order valence-electron chi connectivity index (χ3n) is 4.42. The number of ether oxygens (including phenoxy) is 1. The maximum Gasteiger partial charge on any atom is 0.235 e. The molecule has 1 N–H and O–H groups in total. The maximum atomic E-state index is 12.3. The molecule has 0 bridgehead atoms. The van der Waals surface area contributed by atoms with Crippen molar-refractivity contribution in [2.45, 2.75) is 39.5 Å². The summed E-state index contributed by atoms with van der Waals surface area (Å²) in [5.41, 5.74) is 1.14.